The lowest BCUT2D eigenvalue weighted by atomic mass is 10.3. The van der Waals surface area contributed by atoms with Gasteiger partial charge < -0.3 is 20.1 Å². The zero-order valence-corrected chi connectivity index (χ0v) is 10.7. The molecular formula is C10H21N3O4. The molecule has 0 saturated carbocycles. The summed E-state index contributed by atoms with van der Waals surface area (Å²) in [5, 5.41) is 7.43. The number of nitrogens with one attached hydrogen (secondary N) is 3. The van der Waals surface area contributed by atoms with Crippen molar-refractivity contribution in [2.45, 2.75) is 19.1 Å². The van der Waals surface area contributed by atoms with Crippen molar-refractivity contribution in [1.82, 2.24) is 16.0 Å². The van der Waals surface area contributed by atoms with Crippen molar-refractivity contribution >= 4 is 11.9 Å². The summed E-state index contributed by atoms with van der Waals surface area (Å²) in [6, 6.07) is -1.01. The van der Waals surface area contributed by atoms with Crippen molar-refractivity contribution in [2.75, 3.05) is 34.4 Å². The fourth-order valence-corrected chi connectivity index (χ4v) is 1.08. The minimum Gasteiger partial charge on any atom is -0.382 e. The summed E-state index contributed by atoms with van der Waals surface area (Å²) < 4.78 is 10.1. The van der Waals surface area contributed by atoms with E-state index in [1.54, 1.807) is 21.1 Å². The lowest BCUT2D eigenvalue weighted by Crippen LogP contribution is -2.49. The molecule has 100 valence electrons. The van der Waals surface area contributed by atoms with Gasteiger partial charge in [-0.3, -0.25) is 10.1 Å². The highest BCUT2D eigenvalue weighted by Gasteiger charge is 2.16. The van der Waals surface area contributed by atoms with Gasteiger partial charge in [-0.25, -0.2) is 4.79 Å². The van der Waals surface area contributed by atoms with Gasteiger partial charge in [-0.05, 0) is 6.92 Å². The number of imide groups is 1. The third-order valence-corrected chi connectivity index (χ3v) is 2.19. The summed E-state index contributed by atoms with van der Waals surface area (Å²) >= 11 is 0. The molecule has 0 fully saturated rings. The third kappa shape index (κ3) is 6.88. The monoisotopic (exact) mass is 247 g/mol. The molecule has 2 unspecified atom stereocenters. The van der Waals surface area contributed by atoms with Gasteiger partial charge in [0, 0.05) is 27.8 Å². The van der Waals surface area contributed by atoms with Crippen LogP contribution in [0.5, 0.6) is 0 Å². The van der Waals surface area contributed by atoms with Crippen molar-refractivity contribution in [3.05, 3.63) is 0 Å². The Labute approximate surface area is 101 Å². The summed E-state index contributed by atoms with van der Waals surface area (Å²) in [5.74, 6) is -0.392. The molecule has 3 amide bonds. The SMILES string of the molecule is CNC(=O)NC(=O)C(C)NCC(COC)OC. The first kappa shape index (κ1) is 15.8. The van der Waals surface area contributed by atoms with E-state index < -0.39 is 18.0 Å². The van der Waals surface area contributed by atoms with Crippen molar-refractivity contribution < 1.29 is 19.1 Å². The van der Waals surface area contributed by atoms with Crippen LogP contribution in [0.3, 0.4) is 0 Å². The van der Waals surface area contributed by atoms with Gasteiger partial charge in [0.2, 0.25) is 5.91 Å². The van der Waals surface area contributed by atoms with Gasteiger partial charge in [-0.15, -0.1) is 0 Å². The zero-order valence-electron chi connectivity index (χ0n) is 10.7. The van der Waals surface area contributed by atoms with Crippen molar-refractivity contribution in [1.29, 1.82) is 0 Å². The molecule has 0 heterocycles. The summed E-state index contributed by atoms with van der Waals surface area (Å²) in [7, 11) is 4.59. The molecule has 0 bridgehead atoms. The average molecular weight is 247 g/mol. The number of amides is 3. The Kier molecular flexibility index (Phi) is 8.29. The van der Waals surface area contributed by atoms with Crippen LogP contribution in [0.1, 0.15) is 6.92 Å². The summed E-state index contributed by atoms with van der Waals surface area (Å²) in [5.41, 5.74) is 0. The molecule has 0 spiro atoms. The first-order valence-electron chi connectivity index (χ1n) is 5.32. The number of methoxy groups -OCH3 is 2. The van der Waals surface area contributed by atoms with E-state index in [1.165, 1.54) is 7.05 Å². The van der Waals surface area contributed by atoms with E-state index in [9.17, 15) is 9.59 Å². The summed E-state index contributed by atoms with van der Waals surface area (Å²) in [6.07, 6.45) is -0.129. The molecule has 0 radical (unpaired) electrons. The summed E-state index contributed by atoms with van der Waals surface area (Å²) in [6.45, 7) is 2.57. The Morgan fingerprint density at radius 1 is 1.29 bits per heavy atom. The normalized spacial score (nSPS) is 13.9. The number of hydrogen-bond donors (Lipinski definition) is 3. The van der Waals surface area contributed by atoms with Crippen LogP contribution in [0.15, 0.2) is 0 Å². The van der Waals surface area contributed by atoms with Crippen molar-refractivity contribution in [3.63, 3.8) is 0 Å². The maximum Gasteiger partial charge on any atom is 0.321 e. The van der Waals surface area contributed by atoms with E-state index in [1.807, 2.05) is 0 Å². The number of carbonyl (C=O) groups is 2. The molecular weight excluding hydrogens is 226 g/mol. The predicted octanol–water partition coefficient (Wildman–Crippen LogP) is -0.918. The molecule has 2 atom stereocenters. The van der Waals surface area contributed by atoms with Crippen LogP contribution < -0.4 is 16.0 Å². The molecule has 0 aromatic carbocycles. The molecule has 0 aromatic rings. The van der Waals surface area contributed by atoms with Crippen LogP contribution >= 0.6 is 0 Å². The van der Waals surface area contributed by atoms with E-state index in [-0.39, 0.29) is 6.10 Å². The number of rotatable bonds is 7. The minimum absolute atomic E-state index is 0.129. The highest BCUT2D eigenvalue weighted by Crippen LogP contribution is 1.90. The Hall–Kier alpha value is -1.18. The maximum atomic E-state index is 11.5. The molecule has 0 aromatic heterocycles. The molecule has 3 N–H and O–H groups in total. The number of ether oxygens (including phenoxy) is 2. The van der Waals surface area contributed by atoms with Crippen LogP contribution in [-0.4, -0.2) is 58.5 Å². The Morgan fingerprint density at radius 2 is 1.94 bits per heavy atom. The topological polar surface area (TPSA) is 88.7 Å². The van der Waals surface area contributed by atoms with Gasteiger partial charge in [0.05, 0.1) is 18.8 Å². The van der Waals surface area contributed by atoms with Gasteiger partial charge in [-0.2, -0.15) is 0 Å². The number of urea groups is 1. The van der Waals surface area contributed by atoms with Gasteiger partial charge in [0.15, 0.2) is 0 Å². The second kappa shape index (κ2) is 8.91. The first-order chi connectivity index (χ1) is 8.04. The second-order valence-corrected chi connectivity index (χ2v) is 3.51. The molecule has 0 aliphatic heterocycles. The maximum absolute atomic E-state index is 11.5. The molecule has 17 heavy (non-hydrogen) atoms. The predicted molar refractivity (Wildman–Crippen MR) is 62.7 cm³/mol. The number of hydrogen-bond acceptors (Lipinski definition) is 5. The van der Waals surface area contributed by atoms with E-state index in [0.29, 0.717) is 13.2 Å². The molecule has 0 rings (SSSR count). The molecule has 0 aliphatic carbocycles. The summed E-state index contributed by atoms with van der Waals surface area (Å²) in [4.78, 5) is 22.4. The second-order valence-electron chi connectivity index (χ2n) is 3.51. The van der Waals surface area contributed by atoms with Gasteiger partial charge in [-0.1, -0.05) is 0 Å². The third-order valence-electron chi connectivity index (χ3n) is 2.19. The van der Waals surface area contributed by atoms with Crippen molar-refractivity contribution in [3.8, 4) is 0 Å². The Morgan fingerprint density at radius 3 is 2.41 bits per heavy atom. The Balaban J connectivity index is 3.94. The highest BCUT2D eigenvalue weighted by molar-refractivity contribution is 5.96. The standard InChI is InChI=1S/C10H21N3O4/c1-7(9(14)13-10(15)11-2)12-5-8(17-4)6-16-3/h7-8,12H,5-6H2,1-4H3,(H2,11,13,14,15). The van der Waals surface area contributed by atoms with Gasteiger partial charge in [0.1, 0.15) is 0 Å². The fourth-order valence-electron chi connectivity index (χ4n) is 1.08. The van der Waals surface area contributed by atoms with Gasteiger partial charge in [0.25, 0.3) is 0 Å². The smallest absolute Gasteiger partial charge is 0.321 e. The van der Waals surface area contributed by atoms with Crippen LogP contribution in [0.25, 0.3) is 0 Å². The van der Waals surface area contributed by atoms with E-state index in [0.717, 1.165) is 0 Å². The lowest BCUT2D eigenvalue weighted by molar-refractivity contribution is -0.121. The first-order valence-corrected chi connectivity index (χ1v) is 5.32. The largest absolute Gasteiger partial charge is 0.382 e. The Bertz CT molecular complexity index is 248. The average Bonchev–Trinajstić information content (AvgIpc) is 2.33. The van der Waals surface area contributed by atoms with Crippen LogP contribution in [0.2, 0.25) is 0 Å². The molecule has 0 saturated heterocycles. The quantitative estimate of drug-likeness (QED) is 0.541. The van der Waals surface area contributed by atoms with E-state index >= 15 is 0 Å². The molecule has 7 nitrogen and oxygen atoms in total. The lowest BCUT2D eigenvalue weighted by Gasteiger charge is -2.18. The fraction of sp³-hybridized carbons (Fsp3) is 0.800. The van der Waals surface area contributed by atoms with Crippen LogP contribution in [-0.2, 0) is 14.3 Å². The number of carbonyl (C=O) groups excluding carboxylic acids is 2. The van der Waals surface area contributed by atoms with Crippen LogP contribution in [0, 0.1) is 0 Å². The van der Waals surface area contributed by atoms with E-state index in [4.69, 9.17) is 9.47 Å². The van der Waals surface area contributed by atoms with Crippen molar-refractivity contribution in [2.24, 2.45) is 0 Å². The highest BCUT2D eigenvalue weighted by atomic mass is 16.5. The minimum atomic E-state index is -0.524. The van der Waals surface area contributed by atoms with Gasteiger partial charge >= 0.3 is 6.03 Å². The zero-order chi connectivity index (χ0) is 13.3. The molecule has 7 heteroatoms. The van der Waals surface area contributed by atoms with E-state index in [2.05, 4.69) is 16.0 Å². The van der Waals surface area contributed by atoms with Crippen LogP contribution in [0.4, 0.5) is 4.79 Å². The molecule has 0 aliphatic rings.